The van der Waals surface area contributed by atoms with Crippen LogP contribution in [0.1, 0.15) is 33.1 Å². The Balaban J connectivity index is 1.78. The molecule has 184 valence electrons. The van der Waals surface area contributed by atoms with Crippen LogP contribution in [0.2, 0.25) is 0 Å². The molecule has 1 saturated heterocycles. The molecule has 1 aliphatic heterocycles. The van der Waals surface area contributed by atoms with E-state index in [1.54, 1.807) is 36.3 Å². The molecule has 34 heavy (non-hydrogen) atoms. The summed E-state index contributed by atoms with van der Waals surface area (Å²) in [5.74, 6) is -0.570. The summed E-state index contributed by atoms with van der Waals surface area (Å²) in [7, 11) is 1.59. The van der Waals surface area contributed by atoms with Crippen molar-refractivity contribution in [3.8, 4) is 16.9 Å². The number of aliphatic carboxylic acids is 1. The molecule has 1 N–H and O–H groups in total. The van der Waals surface area contributed by atoms with Crippen LogP contribution >= 0.6 is 0 Å². The molecular weight excluding hydrogens is 456 g/mol. The first-order valence-electron chi connectivity index (χ1n) is 11.3. The van der Waals surface area contributed by atoms with Gasteiger partial charge in [0.15, 0.2) is 0 Å². The van der Waals surface area contributed by atoms with Gasteiger partial charge in [0.2, 0.25) is 5.91 Å². The van der Waals surface area contributed by atoms with E-state index in [0.717, 1.165) is 21.2 Å². The lowest BCUT2D eigenvalue weighted by Crippen LogP contribution is -2.51. The van der Waals surface area contributed by atoms with E-state index in [9.17, 15) is 23.5 Å². The highest BCUT2D eigenvalue weighted by molar-refractivity contribution is 7.80. The molecule has 0 saturated carbocycles. The normalized spacial score (nSPS) is 16.2. The zero-order chi connectivity index (χ0) is 24.8. The van der Waals surface area contributed by atoms with E-state index in [1.807, 2.05) is 38.1 Å². The summed E-state index contributed by atoms with van der Waals surface area (Å²) in [6, 6.07) is 13.0. The molecule has 2 unspecified atom stereocenters. The molecule has 2 atom stereocenters. The number of amides is 1. The van der Waals surface area contributed by atoms with Crippen molar-refractivity contribution < 1.29 is 28.2 Å². The molecule has 3 rings (SSSR count). The van der Waals surface area contributed by atoms with Crippen LogP contribution in [0.3, 0.4) is 0 Å². The number of carbonyl (C=O) groups excluding carboxylic acids is 1. The predicted octanol–water partition coefficient (Wildman–Crippen LogP) is 3.70. The number of hydrogen-bond acceptors (Lipinski definition) is 5. The molecule has 1 aliphatic rings. The predicted molar refractivity (Wildman–Crippen MR) is 130 cm³/mol. The quantitative estimate of drug-likeness (QED) is 0.540. The summed E-state index contributed by atoms with van der Waals surface area (Å²) < 4.78 is 30.5. The number of methoxy groups -OCH3 is 1. The maximum atomic E-state index is 12.4. The summed E-state index contributed by atoms with van der Waals surface area (Å²) >= 11 is -2.78. The van der Waals surface area contributed by atoms with E-state index in [4.69, 9.17) is 4.74 Å². The standard InChI is InChI=1S/C25H32N2O6S/c1-17(2)16-23(28)26-14-12-20(13-15-26)24(25(29)30)27(34(31)32)21-8-4-18(5-9-21)19-6-10-22(33-3)11-7-19/h4-11,17,20,24H,12-16H2,1-3H3,(H,29,30)(H,31,32)/p-1. The number of anilines is 1. The van der Waals surface area contributed by atoms with Crippen LogP contribution in [-0.2, 0) is 20.9 Å². The third-order valence-corrected chi connectivity index (χ3v) is 6.89. The number of nitrogens with zero attached hydrogens (tertiary/aromatic N) is 2. The van der Waals surface area contributed by atoms with E-state index in [2.05, 4.69) is 0 Å². The molecular formula is C25H31N2O6S-. The fraction of sp³-hybridized carbons (Fsp3) is 0.440. The van der Waals surface area contributed by atoms with Crippen molar-refractivity contribution in [1.82, 2.24) is 4.90 Å². The summed E-state index contributed by atoms with van der Waals surface area (Å²) in [5, 5.41) is 9.97. The van der Waals surface area contributed by atoms with Gasteiger partial charge in [-0.25, -0.2) is 4.79 Å². The molecule has 1 fully saturated rings. The molecule has 1 heterocycles. The van der Waals surface area contributed by atoms with E-state index in [1.165, 1.54) is 0 Å². The first-order chi connectivity index (χ1) is 16.2. The molecule has 9 heteroatoms. The maximum absolute atomic E-state index is 12.4. The fourth-order valence-corrected chi connectivity index (χ4v) is 5.10. The van der Waals surface area contributed by atoms with Gasteiger partial charge in [-0.3, -0.25) is 13.3 Å². The molecule has 0 aromatic heterocycles. The van der Waals surface area contributed by atoms with Crippen molar-refractivity contribution in [2.45, 2.75) is 39.2 Å². The Morgan fingerprint density at radius 2 is 1.62 bits per heavy atom. The number of carboxylic acid groups (broad SMARTS) is 1. The number of ether oxygens (including phenoxy) is 1. The monoisotopic (exact) mass is 487 g/mol. The third kappa shape index (κ3) is 6.15. The zero-order valence-corrected chi connectivity index (χ0v) is 20.5. The molecule has 0 aliphatic carbocycles. The summed E-state index contributed by atoms with van der Waals surface area (Å²) in [4.78, 5) is 26.3. The van der Waals surface area contributed by atoms with Gasteiger partial charge in [0.05, 0.1) is 7.11 Å². The largest absolute Gasteiger partial charge is 0.755 e. The second kappa shape index (κ2) is 11.5. The van der Waals surface area contributed by atoms with Gasteiger partial charge in [-0.15, -0.1) is 0 Å². The van der Waals surface area contributed by atoms with Crippen LogP contribution in [-0.4, -0.2) is 56.9 Å². The SMILES string of the molecule is COc1ccc(-c2ccc(N(C(C(=O)O)C3CCN(C(=O)CC(C)C)CC3)S(=O)[O-])cc2)cc1. The van der Waals surface area contributed by atoms with Gasteiger partial charge in [0.25, 0.3) is 0 Å². The Labute approximate surface area is 202 Å². The van der Waals surface area contributed by atoms with Crippen molar-refractivity contribution in [1.29, 1.82) is 0 Å². The highest BCUT2D eigenvalue weighted by Crippen LogP contribution is 2.31. The first kappa shape index (κ1) is 25.7. The molecule has 1 amide bonds. The van der Waals surface area contributed by atoms with Crippen LogP contribution in [0.4, 0.5) is 5.69 Å². The van der Waals surface area contributed by atoms with E-state index >= 15 is 0 Å². The van der Waals surface area contributed by atoms with E-state index in [-0.39, 0.29) is 17.5 Å². The Kier molecular flexibility index (Phi) is 8.68. The molecule has 2 aromatic rings. The number of benzene rings is 2. The Bertz CT molecular complexity index is 1000. The lowest BCUT2D eigenvalue weighted by molar-refractivity contribution is -0.140. The van der Waals surface area contributed by atoms with Crippen LogP contribution in [0.25, 0.3) is 11.1 Å². The Morgan fingerprint density at radius 1 is 1.09 bits per heavy atom. The number of piperidine rings is 1. The van der Waals surface area contributed by atoms with Gasteiger partial charge in [0, 0.05) is 36.5 Å². The topological polar surface area (TPSA) is 110 Å². The number of hydrogen-bond donors (Lipinski definition) is 1. The van der Waals surface area contributed by atoms with Crippen LogP contribution < -0.4 is 9.04 Å². The first-order valence-corrected chi connectivity index (χ1v) is 12.4. The third-order valence-electron chi connectivity index (χ3n) is 6.13. The van der Waals surface area contributed by atoms with Gasteiger partial charge in [-0.2, -0.15) is 0 Å². The second-order valence-electron chi connectivity index (χ2n) is 8.92. The summed E-state index contributed by atoms with van der Waals surface area (Å²) in [6.07, 6.45) is 1.31. The van der Waals surface area contributed by atoms with Crippen molar-refractivity contribution in [3.63, 3.8) is 0 Å². The van der Waals surface area contributed by atoms with E-state index in [0.29, 0.717) is 32.4 Å². The smallest absolute Gasteiger partial charge is 0.327 e. The summed E-state index contributed by atoms with van der Waals surface area (Å²) in [6.45, 7) is 4.81. The van der Waals surface area contributed by atoms with Gasteiger partial charge >= 0.3 is 5.97 Å². The molecule has 8 nitrogen and oxygen atoms in total. The molecule has 2 aromatic carbocycles. The number of carbonyl (C=O) groups is 2. The van der Waals surface area contributed by atoms with Gasteiger partial charge in [-0.1, -0.05) is 38.1 Å². The molecule has 0 spiro atoms. The average Bonchev–Trinajstić information content (AvgIpc) is 2.82. The lowest BCUT2D eigenvalue weighted by Gasteiger charge is -2.40. The minimum absolute atomic E-state index is 0.0544. The van der Waals surface area contributed by atoms with E-state index < -0.39 is 29.2 Å². The van der Waals surface area contributed by atoms with Crippen LogP contribution in [0.15, 0.2) is 48.5 Å². The highest BCUT2D eigenvalue weighted by Gasteiger charge is 2.37. The average molecular weight is 488 g/mol. The number of rotatable bonds is 9. The Morgan fingerprint density at radius 3 is 2.06 bits per heavy atom. The minimum atomic E-state index is -2.78. The summed E-state index contributed by atoms with van der Waals surface area (Å²) in [5.41, 5.74) is 2.08. The van der Waals surface area contributed by atoms with Crippen molar-refractivity contribution in [3.05, 3.63) is 48.5 Å². The zero-order valence-electron chi connectivity index (χ0n) is 19.7. The highest BCUT2D eigenvalue weighted by atomic mass is 32.2. The molecule has 0 bridgehead atoms. The van der Waals surface area contributed by atoms with Crippen molar-refractivity contribution in [2.75, 3.05) is 24.5 Å². The van der Waals surface area contributed by atoms with Crippen molar-refractivity contribution >= 4 is 28.8 Å². The molecule has 0 radical (unpaired) electrons. The minimum Gasteiger partial charge on any atom is -0.755 e. The van der Waals surface area contributed by atoms with Gasteiger partial charge in [-0.05, 0) is 60.1 Å². The van der Waals surface area contributed by atoms with Crippen LogP contribution in [0, 0.1) is 11.8 Å². The fourth-order valence-electron chi connectivity index (χ4n) is 4.36. The number of likely N-dealkylation sites (tertiary alicyclic amines) is 1. The van der Waals surface area contributed by atoms with Crippen LogP contribution in [0.5, 0.6) is 5.75 Å². The van der Waals surface area contributed by atoms with Gasteiger partial charge in [0.1, 0.15) is 11.8 Å². The van der Waals surface area contributed by atoms with Gasteiger partial charge < -0.3 is 19.3 Å². The second-order valence-corrected chi connectivity index (χ2v) is 9.75. The Hall–Kier alpha value is -2.91. The maximum Gasteiger partial charge on any atom is 0.327 e. The van der Waals surface area contributed by atoms with Crippen molar-refractivity contribution in [2.24, 2.45) is 11.8 Å². The lowest BCUT2D eigenvalue weighted by atomic mass is 9.88. The number of carboxylic acids is 1.